The molecule has 0 bridgehead atoms. The molecule has 1 aromatic carbocycles. The predicted molar refractivity (Wildman–Crippen MR) is 101 cm³/mol. The molecule has 0 fully saturated rings. The van der Waals surface area contributed by atoms with Crippen molar-refractivity contribution in [3.05, 3.63) is 40.2 Å². The van der Waals surface area contributed by atoms with Gasteiger partial charge in [-0.15, -0.1) is 34.4 Å². The third-order valence-corrected chi connectivity index (χ3v) is 6.67. The molecule has 3 rings (SSSR count). The number of thioether (sulfide) groups is 1. The summed E-state index contributed by atoms with van der Waals surface area (Å²) in [6, 6.07) is 8.48. The molecule has 6 heteroatoms. The lowest BCUT2D eigenvalue weighted by molar-refractivity contribution is -0.137. The summed E-state index contributed by atoms with van der Waals surface area (Å²) in [7, 11) is 1.42. The molecule has 2 heterocycles. The number of benzene rings is 1. The highest BCUT2D eigenvalue weighted by Gasteiger charge is 2.13. The van der Waals surface area contributed by atoms with Gasteiger partial charge >= 0.3 is 5.97 Å². The van der Waals surface area contributed by atoms with E-state index in [2.05, 4.69) is 41.3 Å². The normalized spacial score (nSPS) is 11.0. The fourth-order valence-electron chi connectivity index (χ4n) is 2.32. The van der Waals surface area contributed by atoms with Crippen molar-refractivity contribution in [1.82, 2.24) is 4.98 Å². The number of carbonyl (C=O) groups excluding carboxylic acids is 1. The highest BCUT2D eigenvalue weighted by atomic mass is 32.2. The number of aryl methyl sites for hydroxylation is 2. The summed E-state index contributed by atoms with van der Waals surface area (Å²) in [4.78, 5) is 17.1. The average Bonchev–Trinajstić information content (AvgIpc) is 3.16. The smallest absolute Gasteiger partial charge is 0.315 e. The van der Waals surface area contributed by atoms with Crippen LogP contribution in [0.15, 0.2) is 29.6 Å². The number of aromatic nitrogens is 1. The quantitative estimate of drug-likeness (QED) is 0.467. The fraction of sp³-hybridized carbons (Fsp3) is 0.294. The Bertz CT molecular complexity index is 822. The Morgan fingerprint density at radius 3 is 2.96 bits per heavy atom. The minimum absolute atomic E-state index is 0.171. The largest absolute Gasteiger partial charge is 0.468 e. The Labute approximate surface area is 147 Å². The van der Waals surface area contributed by atoms with Crippen molar-refractivity contribution in [2.45, 2.75) is 13.3 Å². The molecular formula is C17H17NO2S3. The van der Waals surface area contributed by atoms with Crippen LogP contribution in [0.3, 0.4) is 0 Å². The van der Waals surface area contributed by atoms with Crippen LogP contribution < -0.4 is 0 Å². The van der Waals surface area contributed by atoms with Gasteiger partial charge in [-0.3, -0.25) is 4.79 Å². The fourth-order valence-corrected chi connectivity index (χ4v) is 5.25. The zero-order chi connectivity index (χ0) is 16.2. The van der Waals surface area contributed by atoms with Gasteiger partial charge in [-0.1, -0.05) is 18.2 Å². The SMILES string of the molecule is COC(=O)CSCCc1nc(-c2sc3ccccc3c2C)cs1. The molecule has 120 valence electrons. The van der Waals surface area contributed by atoms with E-state index in [1.54, 1.807) is 34.4 Å². The highest BCUT2D eigenvalue weighted by Crippen LogP contribution is 2.38. The van der Waals surface area contributed by atoms with Gasteiger partial charge in [0.2, 0.25) is 0 Å². The molecule has 0 aliphatic heterocycles. The van der Waals surface area contributed by atoms with Crippen molar-refractivity contribution in [3.63, 3.8) is 0 Å². The predicted octanol–water partition coefficient (Wildman–Crippen LogP) is 4.78. The van der Waals surface area contributed by atoms with Gasteiger partial charge in [0.1, 0.15) is 0 Å². The lowest BCUT2D eigenvalue weighted by Gasteiger charge is -1.98. The van der Waals surface area contributed by atoms with Crippen LogP contribution in [0.2, 0.25) is 0 Å². The first kappa shape index (κ1) is 16.5. The summed E-state index contributed by atoms with van der Waals surface area (Å²) in [5.74, 6) is 1.12. The second kappa shape index (κ2) is 7.47. The number of nitrogens with zero attached hydrogens (tertiary/aromatic N) is 1. The molecule has 3 nitrogen and oxygen atoms in total. The van der Waals surface area contributed by atoms with Gasteiger partial charge < -0.3 is 4.74 Å². The van der Waals surface area contributed by atoms with Crippen LogP contribution in [-0.2, 0) is 16.0 Å². The van der Waals surface area contributed by atoms with Crippen LogP contribution in [0, 0.1) is 6.92 Å². The molecule has 0 spiro atoms. The number of thiazole rings is 1. The molecule has 0 N–H and O–H groups in total. The maximum absolute atomic E-state index is 11.1. The number of methoxy groups -OCH3 is 1. The first-order chi connectivity index (χ1) is 11.2. The Hall–Kier alpha value is -1.37. The number of hydrogen-bond acceptors (Lipinski definition) is 6. The van der Waals surface area contributed by atoms with E-state index >= 15 is 0 Å². The number of fused-ring (bicyclic) bond motifs is 1. The van der Waals surface area contributed by atoms with Gasteiger partial charge in [-0.25, -0.2) is 4.98 Å². The van der Waals surface area contributed by atoms with Crippen molar-refractivity contribution in [1.29, 1.82) is 0 Å². The zero-order valence-corrected chi connectivity index (χ0v) is 15.4. The molecule has 3 aromatic rings. The number of rotatable bonds is 6. The highest BCUT2D eigenvalue weighted by molar-refractivity contribution is 7.99. The standard InChI is InChI=1S/C17H17NO2S3/c1-11-12-5-3-4-6-14(12)23-17(11)13-9-22-15(18-13)7-8-21-10-16(19)20-2/h3-6,9H,7-8,10H2,1-2H3. The van der Waals surface area contributed by atoms with Gasteiger partial charge in [0.25, 0.3) is 0 Å². The van der Waals surface area contributed by atoms with E-state index in [4.69, 9.17) is 4.98 Å². The molecular weight excluding hydrogens is 346 g/mol. The Balaban J connectivity index is 1.69. The van der Waals surface area contributed by atoms with Gasteiger partial charge in [0.15, 0.2) is 0 Å². The first-order valence-electron chi connectivity index (χ1n) is 7.26. The molecule has 0 saturated heterocycles. The lowest BCUT2D eigenvalue weighted by atomic mass is 10.1. The maximum atomic E-state index is 11.1. The van der Waals surface area contributed by atoms with Crippen molar-refractivity contribution in [2.24, 2.45) is 0 Å². The monoisotopic (exact) mass is 363 g/mol. The van der Waals surface area contributed by atoms with Crippen LogP contribution in [-0.4, -0.2) is 29.6 Å². The molecule has 0 aliphatic rings. The van der Waals surface area contributed by atoms with E-state index in [-0.39, 0.29) is 5.97 Å². The summed E-state index contributed by atoms with van der Waals surface area (Å²) in [5.41, 5.74) is 2.38. The molecule has 0 amide bonds. The number of ether oxygens (including phenoxy) is 1. The summed E-state index contributed by atoms with van der Waals surface area (Å²) < 4.78 is 5.94. The molecule has 0 aliphatic carbocycles. The average molecular weight is 364 g/mol. The number of thiophene rings is 1. The van der Waals surface area contributed by atoms with Crippen molar-refractivity contribution < 1.29 is 9.53 Å². The molecule has 23 heavy (non-hydrogen) atoms. The minimum Gasteiger partial charge on any atom is -0.468 e. The van der Waals surface area contributed by atoms with E-state index in [9.17, 15) is 4.79 Å². The van der Waals surface area contributed by atoms with E-state index in [0.29, 0.717) is 5.75 Å². The zero-order valence-electron chi connectivity index (χ0n) is 13.0. The van der Waals surface area contributed by atoms with E-state index in [1.807, 2.05) is 0 Å². The van der Waals surface area contributed by atoms with Gasteiger partial charge in [0, 0.05) is 22.3 Å². The van der Waals surface area contributed by atoms with Gasteiger partial charge in [0.05, 0.1) is 28.4 Å². The molecule has 2 aromatic heterocycles. The van der Waals surface area contributed by atoms with E-state index < -0.39 is 0 Å². The molecule has 0 unspecified atom stereocenters. The van der Waals surface area contributed by atoms with Crippen molar-refractivity contribution >= 4 is 50.5 Å². The van der Waals surface area contributed by atoms with Crippen LogP contribution >= 0.6 is 34.4 Å². The summed E-state index contributed by atoms with van der Waals surface area (Å²) >= 11 is 5.08. The second-order valence-corrected chi connectivity index (χ2v) is 8.16. The molecule has 0 radical (unpaired) electrons. The second-order valence-electron chi connectivity index (χ2n) is 5.06. The van der Waals surface area contributed by atoms with Crippen LogP contribution in [0.25, 0.3) is 20.7 Å². The van der Waals surface area contributed by atoms with Gasteiger partial charge in [-0.05, 0) is 23.9 Å². The third kappa shape index (κ3) is 3.76. The topological polar surface area (TPSA) is 39.2 Å². The van der Waals surface area contributed by atoms with Crippen molar-refractivity contribution in [2.75, 3.05) is 18.6 Å². The molecule has 0 atom stereocenters. The number of carbonyl (C=O) groups is 1. The Kier molecular flexibility index (Phi) is 5.35. The number of esters is 1. The Morgan fingerprint density at radius 1 is 1.35 bits per heavy atom. The Morgan fingerprint density at radius 2 is 2.17 bits per heavy atom. The first-order valence-corrected chi connectivity index (χ1v) is 10.1. The molecule has 0 saturated carbocycles. The van der Waals surface area contributed by atoms with Crippen molar-refractivity contribution in [3.8, 4) is 10.6 Å². The van der Waals surface area contributed by atoms with E-state index in [1.165, 1.54) is 27.6 Å². The maximum Gasteiger partial charge on any atom is 0.315 e. The van der Waals surface area contributed by atoms with Crippen LogP contribution in [0.5, 0.6) is 0 Å². The lowest BCUT2D eigenvalue weighted by Crippen LogP contribution is -2.04. The van der Waals surface area contributed by atoms with E-state index in [0.717, 1.165) is 22.9 Å². The number of hydrogen-bond donors (Lipinski definition) is 0. The third-order valence-electron chi connectivity index (χ3n) is 3.54. The van der Waals surface area contributed by atoms with Crippen LogP contribution in [0.1, 0.15) is 10.6 Å². The van der Waals surface area contributed by atoms with Gasteiger partial charge in [-0.2, -0.15) is 0 Å². The summed E-state index contributed by atoms with van der Waals surface area (Å²) in [6.45, 7) is 2.17. The summed E-state index contributed by atoms with van der Waals surface area (Å²) in [6.07, 6.45) is 0.885. The van der Waals surface area contributed by atoms with Crippen LogP contribution in [0.4, 0.5) is 0 Å². The minimum atomic E-state index is -0.171. The summed E-state index contributed by atoms with van der Waals surface area (Å²) in [5, 5.41) is 4.57.